The molecule has 3 fully saturated rings. The highest BCUT2D eigenvalue weighted by atomic mass is 19.4. The van der Waals surface area contributed by atoms with Crippen molar-refractivity contribution in [2.75, 3.05) is 20.1 Å². The third kappa shape index (κ3) is 3.13. The summed E-state index contributed by atoms with van der Waals surface area (Å²) in [7, 11) is 2.07. The van der Waals surface area contributed by atoms with Gasteiger partial charge in [0.15, 0.2) is 11.6 Å². The molecule has 0 spiro atoms. The lowest BCUT2D eigenvalue weighted by Gasteiger charge is -2.56. The van der Waals surface area contributed by atoms with Crippen molar-refractivity contribution in [3.8, 4) is 5.75 Å². The van der Waals surface area contributed by atoms with Gasteiger partial charge >= 0.3 is 6.36 Å². The number of alkyl halides is 3. The highest BCUT2D eigenvalue weighted by Crippen LogP contribution is 2.34. The van der Waals surface area contributed by atoms with Gasteiger partial charge in [-0.2, -0.15) is 0 Å². The molecule has 116 valence electrons. The fourth-order valence-electron chi connectivity index (χ4n) is 3.22. The molecule has 0 aliphatic carbocycles. The molecule has 1 aromatic rings. The maximum absolute atomic E-state index is 13.7. The van der Waals surface area contributed by atoms with Gasteiger partial charge in [0.1, 0.15) is 0 Å². The molecule has 0 saturated carbocycles. The van der Waals surface area contributed by atoms with Gasteiger partial charge in [0, 0.05) is 31.7 Å². The van der Waals surface area contributed by atoms with Gasteiger partial charge in [0.05, 0.1) is 0 Å². The second-order valence-corrected chi connectivity index (χ2v) is 5.75. The van der Waals surface area contributed by atoms with Crippen molar-refractivity contribution < 1.29 is 22.3 Å². The molecule has 0 N–H and O–H groups in total. The summed E-state index contributed by atoms with van der Waals surface area (Å²) in [5.41, 5.74) is 0.668. The Morgan fingerprint density at radius 3 is 2.48 bits per heavy atom. The number of benzene rings is 1. The van der Waals surface area contributed by atoms with Gasteiger partial charge in [-0.25, -0.2) is 4.39 Å². The number of piperazine rings is 1. The number of nitrogens with zero attached hydrogens (tertiary/aromatic N) is 2. The van der Waals surface area contributed by atoms with E-state index in [-0.39, 0.29) is 0 Å². The van der Waals surface area contributed by atoms with E-state index < -0.39 is 17.9 Å². The molecule has 2 atom stereocenters. The van der Waals surface area contributed by atoms with Crippen LogP contribution < -0.4 is 4.74 Å². The van der Waals surface area contributed by atoms with E-state index in [1.807, 2.05) is 0 Å². The SMILES string of the molecule is CN1CC2CC(C1)N2Cc1ccc(OC(F)(F)F)c(F)c1. The van der Waals surface area contributed by atoms with Crippen LogP contribution in [0.5, 0.6) is 5.75 Å². The predicted octanol–water partition coefficient (Wildman–Crippen LogP) is 2.61. The molecule has 3 heterocycles. The van der Waals surface area contributed by atoms with Crippen LogP contribution >= 0.6 is 0 Å². The average Bonchev–Trinajstić information content (AvgIpc) is 2.37. The van der Waals surface area contributed by atoms with Crippen LogP contribution in [0, 0.1) is 5.82 Å². The minimum atomic E-state index is -4.87. The average molecular weight is 304 g/mol. The zero-order valence-corrected chi connectivity index (χ0v) is 11.5. The summed E-state index contributed by atoms with van der Waals surface area (Å²) in [4.78, 5) is 4.54. The first-order chi connectivity index (χ1) is 9.82. The fourth-order valence-corrected chi connectivity index (χ4v) is 3.22. The first-order valence-corrected chi connectivity index (χ1v) is 6.80. The summed E-state index contributed by atoms with van der Waals surface area (Å²) in [6.07, 6.45) is -3.73. The lowest BCUT2D eigenvalue weighted by Crippen LogP contribution is -2.67. The normalized spacial score (nSPS) is 26.5. The smallest absolute Gasteiger partial charge is 0.403 e. The lowest BCUT2D eigenvalue weighted by molar-refractivity contribution is -0.275. The number of hydrogen-bond donors (Lipinski definition) is 0. The van der Waals surface area contributed by atoms with Gasteiger partial charge in [-0.05, 0) is 31.2 Å². The Balaban J connectivity index is 1.66. The van der Waals surface area contributed by atoms with E-state index in [9.17, 15) is 17.6 Å². The summed E-state index contributed by atoms with van der Waals surface area (Å²) in [6, 6.07) is 4.58. The third-order valence-electron chi connectivity index (χ3n) is 4.11. The molecule has 4 rings (SSSR count). The Morgan fingerprint density at radius 2 is 1.90 bits per heavy atom. The van der Waals surface area contributed by atoms with Gasteiger partial charge < -0.3 is 9.64 Å². The van der Waals surface area contributed by atoms with E-state index in [4.69, 9.17) is 0 Å². The molecule has 0 aromatic heterocycles. The predicted molar refractivity (Wildman–Crippen MR) is 68.3 cm³/mol. The maximum atomic E-state index is 13.7. The van der Waals surface area contributed by atoms with Gasteiger partial charge in [0.25, 0.3) is 0 Å². The van der Waals surface area contributed by atoms with Crippen LogP contribution in [0.15, 0.2) is 18.2 Å². The van der Waals surface area contributed by atoms with Crippen molar-refractivity contribution in [1.82, 2.24) is 9.80 Å². The summed E-state index contributed by atoms with van der Waals surface area (Å²) >= 11 is 0. The van der Waals surface area contributed by atoms with Gasteiger partial charge in [-0.1, -0.05) is 6.07 Å². The minimum absolute atomic E-state index is 0.461. The number of fused-ring (bicyclic) bond motifs is 2. The van der Waals surface area contributed by atoms with E-state index in [0.29, 0.717) is 24.2 Å². The second-order valence-electron chi connectivity index (χ2n) is 5.75. The molecule has 3 aliphatic rings. The first kappa shape index (κ1) is 14.6. The fraction of sp³-hybridized carbons (Fsp3) is 0.571. The molecule has 21 heavy (non-hydrogen) atoms. The van der Waals surface area contributed by atoms with E-state index in [1.165, 1.54) is 6.07 Å². The third-order valence-corrected chi connectivity index (χ3v) is 4.11. The zero-order chi connectivity index (χ0) is 15.2. The minimum Gasteiger partial charge on any atom is -0.403 e. The number of hydrogen-bond acceptors (Lipinski definition) is 3. The van der Waals surface area contributed by atoms with Crippen LogP contribution in [0.3, 0.4) is 0 Å². The molecule has 0 amide bonds. The van der Waals surface area contributed by atoms with Gasteiger partial charge in [0.2, 0.25) is 0 Å². The van der Waals surface area contributed by atoms with Crippen molar-refractivity contribution >= 4 is 0 Å². The quantitative estimate of drug-likeness (QED) is 0.798. The monoisotopic (exact) mass is 304 g/mol. The molecule has 7 heteroatoms. The first-order valence-electron chi connectivity index (χ1n) is 6.80. The van der Waals surface area contributed by atoms with Crippen LogP contribution in [0.25, 0.3) is 0 Å². The van der Waals surface area contributed by atoms with Crippen molar-refractivity contribution in [2.45, 2.75) is 31.4 Å². The Bertz CT molecular complexity index is 522. The van der Waals surface area contributed by atoms with Gasteiger partial charge in [-0.3, -0.25) is 4.90 Å². The summed E-state index contributed by atoms with van der Waals surface area (Å²) in [6.45, 7) is 2.52. The number of halogens is 4. The van der Waals surface area contributed by atoms with E-state index in [2.05, 4.69) is 21.6 Å². The topological polar surface area (TPSA) is 15.7 Å². The van der Waals surface area contributed by atoms with Crippen LogP contribution in [0.1, 0.15) is 12.0 Å². The molecule has 2 unspecified atom stereocenters. The molecule has 1 aromatic carbocycles. The summed E-state index contributed by atoms with van der Waals surface area (Å²) < 4.78 is 53.5. The Morgan fingerprint density at radius 1 is 1.24 bits per heavy atom. The summed E-state index contributed by atoms with van der Waals surface area (Å²) in [5.74, 6) is -1.76. The molecule has 2 bridgehead atoms. The Labute approximate surface area is 120 Å². The standard InChI is InChI=1S/C14H16F4N2O/c1-19-7-10-5-11(8-19)20(10)6-9-2-3-13(12(15)4-9)21-14(16,17)18/h2-4,10-11H,5-8H2,1H3. The number of piperidine rings is 1. The van der Waals surface area contributed by atoms with Crippen molar-refractivity contribution in [1.29, 1.82) is 0 Å². The zero-order valence-electron chi connectivity index (χ0n) is 11.5. The lowest BCUT2D eigenvalue weighted by atomic mass is 9.87. The largest absolute Gasteiger partial charge is 0.573 e. The van der Waals surface area contributed by atoms with E-state index >= 15 is 0 Å². The van der Waals surface area contributed by atoms with Crippen LogP contribution in [-0.2, 0) is 6.54 Å². The van der Waals surface area contributed by atoms with Crippen LogP contribution in [-0.4, -0.2) is 48.4 Å². The number of ether oxygens (including phenoxy) is 1. The van der Waals surface area contributed by atoms with E-state index in [1.54, 1.807) is 0 Å². The molecule has 3 aliphatic heterocycles. The summed E-state index contributed by atoms with van der Waals surface area (Å²) in [5, 5.41) is 0. The van der Waals surface area contributed by atoms with Crippen LogP contribution in [0.2, 0.25) is 0 Å². The Hall–Kier alpha value is -1.34. The van der Waals surface area contributed by atoms with Crippen molar-refractivity contribution in [3.63, 3.8) is 0 Å². The molecule has 3 nitrogen and oxygen atoms in total. The highest BCUT2D eigenvalue weighted by Gasteiger charge is 2.43. The van der Waals surface area contributed by atoms with Crippen LogP contribution in [0.4, 0.5) is 17.6 Å². The van der Waals surface area contributed by atoms with Gasteiger partial charge in [-0.15, -0.1) is 13.2 Å². The van der Waals surface area contributed by atoms with Crippen molar-refractivity contribution in [2.24, 2.45) is 0 Å². The molecule has 3 saturated heterocycles. The second kappa shape index (κ2) is 5.14. The highest BCUT2D eigenvalue weighted by molar-refractivity contribution is 5.30. The molecular formula is C14H16F4N2O. The van der Waals surface area contributed by atoms with Crippen molar-refractivity contribution in [3.05, 3.63) is 29.6 Å². The number of rotatable bonds is 3. The maximum Gasteiger partial charge on any atom is 0.573 e. The molecular weight excluding hydrogens is 288 g/mol. The van der Waals surface area contributed by atoms with E-state index in [0.717, 1.165) is 31.6 Å². The Kier molecular flexibility index (Phi) is 3.57. The molecule has 0 radical (unpaired) electrons. The number of likely N-dealkylation sites (N-methyl/N-ethyl adjacent to an activating group) is 1.